The molecule has 108 valence electrons. The predicted octanol–water partition coefficient (Wildman–Crippen LogP) is 1.44. The quantitative estimate of drug-likeness (QED) is 0.575. The largest absolute Gasteiger partial charge is 0.468 e. The van der Waals surface area contributed by atoms with Crippen LogP contribution in [0.1, 0.15) is 12.5 Å². The van der Waals surface area contributed by atoms with E-state index in [1.54, 1.807) is 6.92 Å². The summed E-state index contributed by atoms with van der Waals surface area (Å²) in [6.45, 7) is -2.49. The highest BCUT2D eigenvalue weighted by molar-refractivity contribution is 7.79. The molecule has 0 aliphatic rings. The van der Waals surface area contributed by atoms with Gasteiger partial charge in [0.05, 0.1) is 7.11 Å². The van der Waals surface area contributed by atoms with Crippen LogP contribution in [0.2, 0.25) is 0 Å². The molecule has 1 atom stereocenters. The zero-order chi connectivity index (χ0) is 15.1. The number of benzene rings is 1. The highest BCUT2D eigenvalue weighted by Gasteiger charge is 2.29. The third kappa shape index (κ3) is 9.64. The molecule has 0 aromatic heterocycles. The van der Waals surface area contributed by atoms with Crippen LogP contribution in [0, 0.1) is 0 Å². The number of esters is 1. The van der Waals surface area contributed by atoms with Crippen LogP contribution in [0.15, 0.2) is 30.3 Å². The van der Waals surface area contributed by atoms with Crippen LogP contribution in [-0.4, -0.2) is 28.4 Å². The van der Waals surface area contributed by atoms with Crippen molar-refractivity contribution < 1.29 is 23.9 Å². The van der Waals surface area contributed by atoms with E-state index in [0.29, 0.717) is 6.42 Å². The monoisotopic (exact) mass is 309 g/mol. The van der Waals surface area contributed by atoms with Crippen LogP contribution in [-0.2, 0) is 20.5 Å². The zero-order valence-corrected chi connectivity index (χ0v) is 12.3. The van der Waals surface area contributed by atoms with Crippen LogP contribution in [0.5, 0.6) is 0 Å². The van der Waals surface area contributed by atoms with E-state index in [2.05, 4.69) is 16.0 Å². The lowest BCUT2D eigenvalue weighted by Crippen LogP contribution is -2.47. The molecule has 0 radical (unpaired) electrons. The van der Waals surface area contributed by atoms with Gasteiger partial charge in [0.15, 0.2) is 0 Å². The van der Waals surface area contributed by atoms with Crippen molar-refractivity contribution in [2.24, 2.45) is 5.73 Å². The number of halogens is 1. The number of rotatable bonds is 3. The Bertz CT molecular complexity index is 437. The second-order valence-electron chi connectivity index (χ2n) is 4.04. The number of methoxy groups -OCH3 is 1. The van der Waals surface area contributed by atoms with Gasteiger partial charge in [-0.2, -0.15) is 0 Å². The van der Waals surface area contributed by atoms with E-state index in [1.807, 2.05) is 30.3 Å². The highest BCUT2D eigenvalue weighted by atomic mass is 35.7. The molecule has 0 saturated carbocycles. The lowest BCUT2D eigenvalue weighted by molar-refractivity contribution is -0.146. The van der Waals surface area contributed by atoms with Crippen molar-refractivity contribution in [2.45, 2.75) is 18.9 Å². The van der Waals surface area contributed by atoms with Crippen LogP contribution in [0.4, 0.5) is 0 Å². The summed E-state index contributed by atoms with van der Waals surface area (Å²) in [4.78, 5) is 26.1. The van der Waals surface area contributed by atoms with Crippen molar-refractivity contribution >= 4 is 24.2 Å². The number of carbonyl (C=O) groups is 1. The van der Waals surface area contributed by atoms with E-state index in [4.69, 9.17) is 20.1 Å². The van der Waals surface area contributed by atoms with Crippen molar-refractivity contribution in [1.82, 2.24) is 0 Å². The number of nitrogens with two attached hydrogens (primary N) is 1. The van der Waals surface area contributed by atoms with Gasteiger partial charge in [-0.05, 0) is 12.5 Å². The summed E-state index contributed by atoms with van der Waals surface area (Å²) in [7, 11) is 1.35. The van der Waals surface area contributed by atoms with Crippen molar-refractivity contribution in [3.63, 3.8) is 0 Å². The number of carbonyl (C=O) groups excluding carboxylic acids is 1. The molecule has 1 aromatic rings. The second kappa shape index (κ2) is 7.62. The molecule has 0 heterocycles. The normalized spacial score (nSPS) is 13.8. The first-order chi connectivity index (χ1) is 8.56. The van der Waals surface area contributed by atoms with Gasteiger partial charge in [-0.1, -0.05) is 30.3 Å². The van der Waals surface area contributed by atoms with Crippen molar-refractivity contribution in [1.29, 1.82) is 0 Å². The van der Waals surface area contributed by atoms with Crippen LogP contribution < -0.4 is 5.73 Å². The van der Waals surface area contributed by atoms with E-state index in [-0.39, 0.29) is 5.97 Å². The fourth-order valence-electron chi connectivity index (χ4n) is 1.33. The first kappa shape index (κ1) is 18.1. The fraction of sp³-hybridized carbons (Fsp3) is 0.364. The molecular formula is C11H17ClNO5P. The Labute approximate surface area is 116 Å². The van der Waals surface area contributed by atoms with Crippen molar-refractivity contribution in [3.8, 4) is 0 Å². The number of hydrogen-bond donors (Lipinski definition) is 3. The standard InChI is InChI=1S/C11H15NO2.ClH2O3P/c1-11(12,10(13)14-2)8-9-6-4-3-5-7-9;1-5(2,3)4/h3-7H,8,12H2,1-2H3;(H2,2,3,4). The van der Waals surface area contributed by atoms with E-state index < -0.39 is 12.5 Å². The molecule has 0 spiro atoms. The van der Waals surface area contributed by atoms with Gasteiger partial charge < -0.3 is 20.3 Å². The summed E-state index contributed by atoms with van der Waals surface area (Å²) in [6.07, 6.45) is 0.487. The van der Waals surface area contributed by atoms with E-state index in [0.717, 1.165) is 5.56 Å². The van der Waals surface area contributed by atoms with E-state index in [1.165, 1.54) is 7.11 Å². The molecule has 0 aliphatic heterocycles. The molecule has 0 amide bonds. The van der Waals surface area contributed by atoms with Gasteiger partial charge in [0.1, 0.15) is 5.54 Å². The van der Waals surface area contributed by atoms with Gasteiger partial charge in [0.25, 0.3) is 0 Å². The van der Waals surface area contributed by atoms with E-state index >= 15 is 0 Å². The second-order valence-corrected chi connectivity index (χ2v) is 6.31. The number of hydrogen-bond acceptors (Lipinski definition) is 4. The molecule has 8 heteroatoms. The Kier molecular flexibility index (Phi) is 7.26. The molecule has 0 bridgehead atoms. The summed E-state index contributed by atoms with van der Waals surface area (Å²) in [5.74, 6) is -0.388. The molecule has 0 fully saturated rings. The Balaban J connectivity index is 0.000000555. The minimum atomic E-state index is -4.17. The summed E-state index contributed by atoms with van der Waals surface area (Å²) in [5, 5.41) is 0. The average molecular weight is 310 g/mol. The number of ether oxygens (including phenoxy) is 1. The molecule has 1 unspecified atom stereocenters. The molecule has 1 rings (SSSR count). The summed E-state index contributed by atoms with van der Waals surface area (Å²) in [6, 6.07) is 9.64. The maximum Gasteiger partial charge on any atom is 0.419 e. The van der Waals surface area contributed by atoms with E-state index in [9.17, 15) is 4.79 Å². The lowest BCUT2D eigenvalue weighted by Gasteiger charge is -2.21. The SMILES string of the molecule is COC(=O)C(C)(N)Cc1ccccc1.O=P(O)(O)Cl. The van der Waals surface area contributed by atoms with Crippen LogP contribution >= 0.6 is 18.2 Å². The average Bonchev–Trinajstić information content (AvgIpc) is 2.26. The summed E-state index contributed by atoms with van der Waals surface area (Å²) in [5.41, 5.74) is 5.91. The molecule has 19 heavy (non-hydrogen) atoms. The molecule has 1 aromatic carbocycles. The Hall–Kier alpha value is -0.910. The van der Waals surface area contributed by atoms with Crippen LogP contribution in [0.3, 0.4) is 0 Å². The van der Waals surface area contributed by atoms with Gasteiger partial charge in [-0.15, -0.1) is 0 Å². The zero-order valence-electron chi connectivity index (χ0n) is 10.6. The third-order valence-electron chi connectivity index (χ3n) is 2.07. The Morgan fingerprint density at radius 2 is 1.84 bits per heavy atom. The third-order valence-corrected chi connectivity index (χ3v) is 2.07. The minimum Gasteiger partial charge on any atom is -0.468 e. The minimum absolute atomic E-state index is 0.388. The van der Waals surface area contributed by atoms with Gasteiger partial charge in [0, 0.05) is 17.7 Å². The molecule has 4 N–H and O–H groups in total. The first-order valence-corrected chi connectivity index (χ1v) is 7.74. The smallest absolute Gasteiger partial charge is 0.419 e. The molecule has 0 saturated heterocycles. The van der Waals surface area contributed by atoms with Gasteiger partial charge in [-0.3, -0.25) is 4.79 Å². The lowest BCUT2D eigenvalue weighted by atomic mass is 9.94. The maximum atomic E-state index is 11.3. The fourth-order valence-corrected chi connectivity index (χ4v) is 1.33. The van der Waals surface area contributed by atoms with Crippen molar-refractivity contribution in [2.75, 3.05) is 7.11 Å². The topological polar surface area (TPSA) is 110 Å². The maximum absolute atomic E-state index is 11.3. The Morgan fingerprint density at radius 3 is 2.21 bits per heavy atom. The molecule has 0 aliphatic carbocycles. The molecular weight excluding hydrogens is 293 g/mol. The Morgan fingerprint density at radius 1 is 1.42 bits per heavy atom. The molecule has 6 nitrogen and oxygen atoms in total. The van der Waals surface area contributed by atoms with Gasteiger partial charge in [0.2, 0.25) is 0 Å². The summed E-state index contributed by atoms with van der Waals surface area (Å²) < 4.78 is 13.7. The first-order valence-electron chi connectivity index (χ1n) is 5.22. The van der Waals surface area contributed by atoms with Gasteiger partial charge >= 0.3 is 12.9 Å². The highest BCUT2D eigenvalue weighted by Crippen LogP contribution is 2.39. The summed E-state index contributed by atoms with van der Waals surface area (Å²) >= 11 is 4.20. The van der Waals surface area contributed by atoms with Gasteiger partial charge in [-0.25, -0.2) is 4.57 Å². The predicted molar refractivity (Wildman–Crippen MR) is 72.7 cm³/mol. The van der Waals surface area contributed by atoms with Crippen LogP contribution in [0.25, 0.3) is 0 Å². The van der Waals surface area contributed by atoms with Crippen molar-refractivity contribution in [3.05, 3.63) is 35.9 Å².